The van der Waals surface area contributed by atoms with E-state index in [9.17, 15) is 14.4 Å². The average Bonchev–Trinajstić information content (AvgIpc) is 3.69. The lowest BCUT2D eigenvalue weighted by Crippen LogP contribution is -2.41. The normalized spacial score (nSPS) is 13.6. The second-order valence-electron chi connectivity index (χ2n) is 13.6. The van der Waals surface area contributed by atoms with Gasteiger partial charge in [0, 0.05) is 23.8 Å². The molecule has 0 saturated carbocycles. The van der Waals surface area contributed by atoms with Crippen molar-refractivity contribution in [2.24, 2.45) is 0 Å². The lowest BCUT2D eigenvalue weighted by atomic mass is 9.97. The number of likely N-dealkylation sites (tertiary alicyclic amines) is 1. The van der Waals surface area contributed by atoms with E-state index in [0.29, 0.717) is 36.9 Å². The molecule has 3 aromatic carbocycles. The topological polar surface area (TPSA) is 97.8 Å². The van der Waals surface area contributed by atoms with Crippen molar-refractivity contribution in [1.29, 1.82) is 0 Å². The minimum absolute atomic E-state index is 0.0359. The molecule has 0 bridgehead atoms. The van der Waals surface area contributed by atoms with Gasteiger partial charge in [-0.15, -0.1) is 0 Å². The Bertz CT molecular complexity index is 1720. The number of nitrogens with one attached hydrogen (secondary N) is 1. The number of unbranched alkanes of at least 4 members (excludes halogenated alkanes) is 3. The first-order chi connectivity index (χ1) is 24.9. The first kappa shape index (κ1) is 37.7. The van der Waals surface area contributed by atoms with Gasteiger partial charge in [-0.2, -0.15) is 0 Å². The monoisotopic (exact) mass is 691 g/mol. The van der Waals surface area contributed by atoms with Crippen LogP contribution >= 0.6 is 0 Å². The maximum absolute atomic E-state index is 14.3. The first-order valence-corrected chi connectivity index (χ1v) is 18.8. The predicted molar refractivity (Wildman–Crippen MR) is 203 cm³/mol. The Hall–Kier alpha value is -4.56. The number of pyridine rings is 1. The Morgan fingerprint density at radius 3 is 2.35 bits per heavy atom. The van der Waals surface area contributed by atoms with Crippen LogP contribution in [0.25, 0.3) is 22.2 Å². The molecule has 8 heteroatoms. The van der Waals surface area contributed by atoms with Crippen molar-refractivity contribution in [2.45, 2.75) is 96.6 Å². The average molecular weight is 692 g/mol. The van der Waals surface area contributed by atoms with E-state index in [1.54, 1.807) is 7.11 Å². The van der Waals surface area contributed by atoms with Crippen LogP contribution in [0.5, 0.6) is 5.75 Å². The molecule has 51 heavy (non-hydrogen) atoms. The number of benzene rings is 3. The zero-order valence-electron chi connectivity index (χ0n) is 30.3. The number of ketones is 1. The van der Waals surface area contributed by atoms with Gasteiger partial charge < -0.3 is 19.7 Å². The van der Waals surface area contributed by atoms with Gasteiger partial charge >= 0.3 is 5.97 Å². The van der Waals surface area contributed by atoms with Crippen molar-refractivity contribution >= 4 is 28.6 Å². The molecule has 8 nitrogen and oxygen atoms in total. The summed E-state index contributed by atoms with van der Waals surface area (Å²) in [6.45, 7) is 5.69. The van der Waals surface area contributed by atoms with Crippen LogP contribution in [0.2, 0.25) is 0 Å². The molecule has 0 radical (unpaired) electrons. The predicted octanol–water partition coefficient (Wildman–Crippen LogP) is 8.49. The summed E-state index contributed by atoms with van der Waals surface area (Å²) in [7, 11) is 1.63. The lowest BCUT2D eigenvalue weighted by Gasteiger charge is -2.20. The van der Waals surface area contributed by atoms with E-state index in [4.69, 9.17) is 14.5 Å². The zero-order chi connectivity index (χ0) is 35.8. The third kappa shape index (κ3) is 11.5. The number of hydrogen-bond donors (Lipinski definition) is 1. The van der Waals surface area contributed by atoms with E-state index in [1.807, 2.05) is 66.7 Å². The molecule has 1 aliphatic rings. The van der Waals surface area contributed by atoms with Gasteiger partial charge in [0.25, 0.3) is 5.91 Å². The number of aryl methyl sites for hydroxylation is 1. The Morgan fingerprint density at radius 2 is 1.61 bits per heavy atom. The highest BCUT2D eigenvalue weighted by atomic mass is 16.5. The number of carbonyl (C=O) groups is 3. The fourth-order valence-corrected chi connectivity index (χ4v) is 6.70. The lowest BCUT2D eigenvalue weighted by molar-refractivity contribution is -0.145. The first-order valence-electron chi connectivity index (χ1n) is 18.8. The molecule has 0 aliphatic carbocycles. The number of aromatic nitrogens is 1. The van der Waals surface area contributed by atoms with Gasteiger partial charge in [0.15, 0.2) is 5.78 Å². The summed E-state index contributed by atoms with van der Waals surface area (Å²) in [5.74, 6) is 0.224. The molecular formula is C43H53N3O5. The summed E-state index contributed by atoms with van der Waals surface area (Å²) in [6, 6.07) is 24.6. The maximum atomic E-state index is 14.3. The SMILES string of the molecule is CCCCc1ccc2nc(-c3ccc(OC)cc3)cc(C(=O)NC(CCCCC(=O)OCc3ccccc3)C(=O)CCCCN3CCCC3)c2c1. The number of amides is 1. The van der Waals surface area contributed by atoms with Crippen molar-refractivity contribution in [1.82, 2.24) is 15.2 Å². The number of rotatable bonds is 20. The van der Waals surface area contributed by atoms with Crippen LogP contribution in [0.3, 0.4) is 0 Å². The van der Waals surface area contributed by atoms with Crippen molar-refractivity contribution in [2.75, 3.05) is 26.7 Å². The van der Waals surface area contributed by atoms with Gasteiger partial charge in [-0.1, -0.05) is 56.2 Å². The molecule has 1 unspecified atom stereocenters. The van der Waals surface area contributed by atoms with Gasteiger partial charge in [0.2, 0.25) is 0 Å². The minimum atomic E-state index is -0.652. The summed E-state index contributed by atoms with van der Waals surface area (Å²) >= 11 is 0. The number of nitrogens with zero attached hydrogens (tertiary/aromatic N) is 2. The van der Waals surface area contributed by atoms with Gasteiger partial charge in [-0.3, -0.25) is 14.4 Å². The number of ether oxygens (including phenoxy) is 2. The van der Waals surface area contributed by atoms with E-state index < -0.39 is 6.04 Å². The Kier molecular flexibility index (Phi) is 14.6. The number of methoxy groups -OCH3 is 1. The third-order valence-electron chi connectivity index (χ3n) is 9.73. The van der Waals surface area contributed by atoms with Gasteiger partial charge in [0.1, 0.15) is 12.4 Å². The quantitative estimate of drug-likeness (QED) is 0.0733. The summed E-state index contributed by atoms with van der Waals surface area (Å²) < 4.78 is 10.8. The second kappa shape index (κ2) is 19.7. The Morgan fingerprint density at radius 1 is 0.843 bits per heavy atom. The van der Waals surface area contributed by atoms with Crippen LogP contribution in [-0.4, -0.2) is 60.3 Å². The van der Waals surface area contributed by atoms with E-state index in [1.165, 1.54) is 12.8 Å². The molecular weight excluding hydrogens is 638 g/mol. The van der Waals surface area contributed by atoms with Gasteiger partial charge in [0.05, 0.1) is 29.9 Å². The molecule has 270 valence electrons. The van der Waals surface area contributed by atoms with Crippen LogP contribution < -0.4 is 10.1 Å². The molecule has 1 atom stereocenters. The summed E-state index contributed by atoms with van der Waals surface area (Å²) in [5, 5.41) is 3.91. The molecule has 0 spiro atoms. The number of fused-ring (bicyclic) bond motifs is 1. The highest BCUT2D eigenvalue weighted by Gasteiger charge is 2.23. The van der Waals surface area contributed by atoms with Crippen molar-refractivity contribution in [3.05, 3.63) is 95.6 Å². The van der Waals surface area contributed by atoms with Gasteiger partial charge in [-0.05, 0) is 125 Å². The second-order valence-corrected chi connectivity index (χ2v) is 13.6. The van der Waals surface area contributed by atoms with Crippen molar-refractivity contribution in [3.63, 3.8) is 0 Å². The van der Waals surface area contributed by atoms with Crippen LogP contribution in [0, 0.1) is 0 Å². The standard InChI is InChI=1S/C43H53N3O5/c1-3-4-14-32-20-25-38-36(29-32)37(30-40(44-38)34-21-23-35(50-2)24-22-34)43(49)45-39(41(47)18-10-11-26-46-27-12-13-28-46)17-8-9-19-42(48)51-31-33-15-6-5-7-16-33/h5-7,15-16,20-25,29-30,39H,3-4,8-14,17-19,26-28,31H2,1-2H3,(H,45,49). The number of hydrogen-bond acceptors (Lipinski definition) is 7. The van der Waals surface area contributed by atoms with E-state index in [0.717, 1.165) is 85.1 Å². The molecule has 1 aliphatic heterocycles. The highest BCUT2D eigenvalue weighted by Crippen LogP contribution is 2.28. The summed E-state index contributed by atoms with van der Waals surface area (Å²) in [5.41, 5.74) is 4.87. The largest absolute Gasteiger partial charge is 0.497 e. The molecule has 1 amide bonds. The summed E-state index contributed by atoms with van der Waals surface area (Å²) in [6.07, 6.45) is 9.60. The van der Waals surface area contributed by atoms with E-state index in [-0.39, 0.29) is 30.7 Å². The third-order valence-corrected chi connectivity index (χ3v) is 9.73. The Balaban J connectivity index is 1.31. The number of carbonyl (C=O) groups excluding carboxylic acids is 3. The van der Waals surface area contributed by atoms with Crippen LogP contribution in [0.1, 0.15) is 99.0 Å². The number of Topliss-reactive ketones (excluding diaryl/α,β-unsaturated/α-hetero) is 1. The van der Waals surface area contributed by atoms with Crippen molar-refractivity contribution < 1.29 is 23.9 Å². The molecule has 1 N–H and O–H groups in total. The van der Waals surface area contributed by atoms with E-state index in [2.05, 4.69) is 29.3 Å². The fourth-order valence-electron chi connectivity index (χ4n) is 6.70. The van der Waals surface area contributed by atoms with Crippen LogP contribution in [-0.2, 0) is 27.4 Å². The molecule has 4 aromatic rings. The van der Waals surface area contributed by atoms with E-state index >= 15 is 0 Å². The fraction of sp³-hybridized carbons (Fsp3) is 0.442. The molecule has 1 aromatic heterocycles. The minimum Gasteiger partial charge on any atom is -0.497 e. The molecule has 1 saturated heterocycles. The number of esters is 1. The molecule has 1 fully saturated rings. The van der Waals surface area contributed by atoms with Gasteiger partial charge in [-0.25, -0.2) is 4.98 Å². The summed E-state index contributed by atoms with van der Waals surface area (Å²) in [4.78, 5) is 47.9. The smallest absolute Gasteiger partial charge is 0.306 e. The molecule has 5 rings (SSSR count). The Labute approximate surface area is 302 Å². The molecule has 2 heterocycles. The highest BCUT2D eigenvalue weighted by molar-refractivity contribution is 6.08. The van der Waals surface area contributed by atoms with Crippen LogP contribution in [0.4, 0.5) is 0 Å². The van der Waals surface area contributed by atoms with Crippen molar-refractivity contribution in [3.8, 4) is 17.0 Å². The van der Waals surface area contributed by atoms with Crippen LogP contribution in [0.15, 0.2) is 78.9 Å². The zero-order valence-corrected chi connectivity index (χ0v) is 30.3. The maximum Gasteiger partial charge on any atom is 0.306 e.